The molecule has 2 aliphatic rings. The Labute approximate surface area is 192 Å². The molecule has 0 spiro atoms. The number of rotatable bonds is 8. The number of amides is 3. The van der Waals surface area contributed by atoms with E-state index in [1.165, 1.54) is 29.6 Å². The highest BCUT2D eigenvalue weighted by Crippen LogP contribution is 2.30. The number of nitrogens with one attached hydrogen (secondary N) is 1. The third-order valence-corrected chi connectivity index (χ3v) is 7.71. The molecule has 33 heavy (non-hydrogen) atoms. The Bertz CT molecular complexity index is 1170. The van der Waals surface area contributed by atoms with E-state index in [9.17, 15) is 22.8 Å². The van der Waals surface area contributed by atoms with Gasteiger partial charge in [0.25, 0.3) is 11.8 Å². The van der Waals surface area contributed by atoms with E-state index in [4.69, 9.17) is 4.74 Å². The van der Waals surface area contributed by atoms with Crippen molar-refractivity contribution in [2.24, 2.45) is 0 Å². The first kappa shape index (κ1) is 22.9. The quantitative estimate of drug-likeness (QED) is 0.592. The van der Waals surface area contributed by atoms with Crippen LogP contribution in [0.4, 0.5) is 5.69 Å². The average Bonchev–Trinajstić information content (AvgIpc) is 3.44. The van der Waals surface area contributed by atoms with Gasteiger partial charge in [-0.1, -0.05) is 12.1 Å². The monoisotopic (exact) mass is 471 g/mol. The Morgan fingerprint density at radius 2 is 1.67 bits per heavy atom. The van der Waals surface area contributed by atoms with Crippen molar-refractivity contribution < 1.29 is 27.5 Å². The summed E-state index contributed by atoms with van der Waals surface area (Å²) < 4.78 is 32.4. The maximum absolute atomic E-state index is 12.8. The van der Waals surface area contributed by atoms with Gasteiger partial charge in [0.15, 0.2) is 0 Å². The van der Waals surface area contributed by atoms with Gasteiger partial charge in [-0.3, -0.25) is 19.3 Å². The second-order valence-electron chi connectivity index (χ2n) is 7.93. The zero-order valence-corrected chi connectivity index (χ0v) is 19.1. The summed E-state index contributed by atoms with van der Waals surface area (Å²) in [4.78, 5) is 38.6. The molecule has 9 nitrogen and oxygen atoms in total. The topological polar surface area (TPSA) is 113 Å². The normalized spacial score (nSPS) is 16.2. The fourth-order valence-electron chi connectivity index (χ4n) is 4.08. The Morgan fingerprint density at radius 3 is 2.27 bits per heavy atom. The van der Waals surface area contributed by atoms with E-state index in [1.54, 1.807) is 24.3 Å². The lowest BCUT2D eigenvalue weighted by atomic mass is 10.1. The van der Waals surface area contributed by atoms with Crippen LogP contribution >= 0.6 is 0 Å². The molecule has 2 aromatic rings. The van der Waals surface area contributed by atoms with E-state index < -0.39 is 10.0 Å². The Hall–Kier alpha value is -3.24. The van der Waals surface area contributed by atoms with E-state index in [0.717, 1.165) is 17.7 Å². The molecule has 1 N–H and O–H groups in total. The number of fused-ring (bicyclic) bond motifs is 1. The van der Waals surface area contributed by atoms with Crippen LogP contribution in [0.15, 0.2) is 47.4 Å². The second-order valence-corrected chi connectivity index (χ2v) is 9.87. The van der Waals surface area contributed by atoms with Gasteiger partial charge in [0.2, 0.25) is 15.9 Å². The van der Waals surface area contributed by atoms with Gasteiger partial charge in [-0.15, -0.1) is 0 Å². The molecule has 2 aromatic carbocycles. The maximum atomic E-state index is 12.8. The highest BCUT2D eigenvalue weighted by atomic mass is 32.2. The molecule has 2 heterocycles. The van der Waals surface area contributed by atoms with Crippen molar-refractivity contribution in [1.82, 2.24) is 9.21 Å². The zero-order chi connectivity index (χ0) is 23.6. The van der Waals surface area contributed by atoms with Crippen LogP contribution in [0.25, 0.3) is 0 Å². The molecule has 10 heteroatoms. The van der Waals surface area contributed by atoms with Gasteiger partial charge in [0, 0.05) is 26.1 Å². The van der Waals surface area contributed by atoms with Crippen LogP contribution < -0.4 is 10.1 Å². The molecular weight excluding hydrogens is 446 g/mol. The molecule has 0 saturated carbocycles. The van der Waals surface area contributed by atoms with E-state index >= 15 is 0 Å². The lowest BCUT2D eigenvalue weighted by Gasteiger charge is -2.18. The fraction of sp³-hybridized carbons (Fsp3) is 0.348. The van der Waals surface area contributed by atoms with Crippen molar-refractivity contribution in [2.45, 2.75) is 30.6 Å². The van der Waals surface area contributed by atoms with Gasteiger partial charge in [0.05, 0.1) is 28.8 Å². The highest BCUT2D eigenvalue weighted by molar-refractivity contribution is 7.89. The molecule has 0 radical (unpaired) electrons. The number of carbonyl (C=O) groups excluding carboxylic acids is 3. The number of carbonyl (C=O) groups is 3. The number of hydrogen-bond acceptors (Lipinski definition) is 6. The summed E-state index contributed by atoms with van der Waals surface area (Å²) in [5, 5.41) is 2.69. The fourth-order valence-corrected chi connectivity index (χ4v) is 5.62. The Balaban J connectivity index is 1.39. The van der Waals surface area contributed by atoms with E-state index in [0.29, 0.717) is 30.0 Å². The van der Waals surface area contributed by atoms with Crippen molar-refractivity contribution in [2.75, 3.05) is 32.1 Å². The first-order valence-electron chi connectivity index (χ1n) is 10.8. The molecule has 0 atom stereocenters. The predicted octanol–water partition coefficient (Wildman–Crippen LogP) is 2.49. The van der Waals surface area contributed by atoms with E-state index in [-0.39, 0.29) is 47.7 Å². The van der Waals surface area contributed by atoms with Crippen molar-refractivity contribution >= 4 is 33.4 Å². The number of sulfonamides is 1. The number of ether oxygens (including phenoxy) is 1. The first-order chi connectivity index (χ1) is 15.8. The van der Waals surface area contributed by atoms with E-state index in [2.05, 4.69) is 5.32 Å². The minimum absolute atomic E-state index is 0.0413. The van der Waals surface area contributed by atoms with Gasteiger partial charge in [-0.05, 0) is 49.6 Å². The van der Waals surface area contributed by atoms with Crippen molar-refractivity contribution in [3.05, 3.63) is 53.6 Å². The molecule has 174 valence electrons. The highest BCUT2D eigenvalue weighted by Gasteiger charge is 2.34. The number of hydrogen-bond donors (Lipinski definition) is 1. The van der Waals surface area contributed by atoms with Crippen molar-refractivity contribution in [1.29, 1.82) is 0 Å². The molecule has 4 rings (SSSR count). The van der Waals surface area contributed by atoms with Crippen LogP contribution in [0.3, 0.4) is 0 Å². The molecule has 1 fully saturated rings. The first-order valence-corrected chi connectivity index (χ1v) is 12.2. The summed E-state index contributed by atoms with van der Waals surface area (Å²) in [5.74, 6) is -0.764. The molecule has 0 aliphatic carbocycles. The largest absolute Gasteiger partial charge is 0.495 e. The van der Waals surface area contributed by atoms with Crippen LogP contribution in [0.1, 0.15) is 46.4 Å². The van der Waals surface area contributed by atoms with Gasteiger partial charge >= 0.3 is 0 Å². The van der Waals surface area contributed by atoms with Gasteiger partial charge in [-0.25, -0.2) is 8.42 Å². The summed E-state index contributed by atoms with van der Waals surface area (Å²) >= 11 is 0. The molecule has 0 bridgehead atoms. The van der Waals surface area contributed by atoms with Gasteiger partial charge in [0.1, 0.15) is 5.75 Å². The van der Waals surface area contributed by atoms with Gasteiger partial charge < -0.3 is 10.1 Å². The third-order valence-electron chi connectivity index (χ3n) is 5.81. The number of methoxy groups -OCH3 is 1. The standard InChI is InChI=1S/C23H25N3O6S/c1-32-20-11-10-16(33(30,31)25-12-4-5-13-25)15-19(20)24-21(27)9-6-14-26-22(28)17-7-2-3-8-18(17)23(26)29/h2-3,7-8,10-11,15H,4-6,9,12-14H2,1H3,(H,24,27). The van der Waals surface area contributed by atoms with Crippen molar-refractivity contribution in [3.63, 3.8) is 0 Å². The summed E-state index contributed by atoms with van der Waals surface area (Å²) in [7, 11) is -2.21. The SMILES string of the molecule is COc1ccc(S(=O)(=O)N2CCCC2)cc1NC(=O)CCCN1C(=O)c2ccccc2C1=O. The molecule has 0 aromatic heterocycles. The number of benzene rings is 2. The van der Waals surface area contributed by atoms with Crippen molar-refractivity contribution in [3.8, 4) is 5.75 Å². The van der Waals surface area contributed by atoms with Crippen LogP contribution in [0.5, 0.6) is 5.75 Å². The van der Waals surface area contributed by atoms with E-state index in [1.807, 2.05) is 0 Å². The summed E-state index contributed by atoms with van der Waals surface area (Å²) in [6.45, 7) is 1.07. The summed E-state index contributed by atoms with van der Waals surface area (Å²) in [6.07, 6.45) is 1.96. The molecule has 3 amide bonds. The molecule has 1 saturated heterocycles. The molecular formula is C23H25N3O6S. The zero-order valence-electron chi connectivity index (χ0n) is 18.2. The lowest BCUT2D eigenvalue weighted by Crippen LogP contribution is -2.31. The molecule has 0 unspecified atom stereocenters. The Morgan fingerprint density at radius 1 is 1.03 bits per heavy atom. The summed E-state index contributed by atoms with van der Waals surface area (Å²) in [6, 6.07) is 11.0. The van der Waals surface area contributed by atoms with Crippen LogP contribution in [0.2, 0.25) is 0 Å². The maximum Gasteiger partial charge on any atom is 0.261 e. The minimum atomic E-state index is -3.64. The van der Waals surface area contributed by atoms with Crippen LogP contribution in [-0.2, 0) is 14.8 Å². The second kappa shape index (κ2) is 9.32. The third kappa shape index (κ3) is 4.49. The van der Waals surface area contributed by atoms with Crippen LogP contribution in [0, 0.1) is 0 Å². The van der Waals surface area contributed by atoms with Crippen LogP contribution in [-0.4, -0.2) is 62.1 Å². The average molecular weight is 472 g/mol. The Kier molecular flexibility index (Phi) is 6.48. The number of imide groups is 1. The lowest BCUT2D eigenvalue weighted by molar-refractivity contribution is -0.116. The number of nitrogens with zero attached hydrogens (tertiary/aromatic N) is 2. The predicted molar refractivity (Wildman–Crippen MR) is 121 cm³/mol. The van der Waals surface area contributed by atoms with Gasteiger partial charge in [-0.2, -0.15) is 4.31 Å². The summed E-state index contributed by atoms with van der Waals surface area (Å²) in [5.41, 5.74) is 0.990. The number of anilines is 1. The minimum Gasteiger partial charge on any atom is -0.495 e. The smallest absolute Gasteiger partial charge is 0.261 e. The molecule has 2 aliphatic heterocycles.